The fourth-order valence-corrected chi connectivity index (χ4v) is 1.53. The van der Waals surface area contributed by atoms with Gasteiger partial charge in [0.1, 0.15) is 11.5 Å². The molecular weight excluding hydrogens is 245 g/mol. The Bertz CT molecular complexity index is 383. The topological polar surface area (TPSA) is 44.5 Å². The zero-order valence-electron chi connectivity index (χ0n) is 9.90. The lowest BCUT2D eigenvalue weighted by Gasteiger charge is -2.12. The van der Waals surface area contributed by atoms with Gasteiger partial charge in [-0.3, -0.25) is 0 Å². The first-order valence-electron chi connectivity index (χ1n) is 4.98. The van der Waals surface area contributed by atoms with Crippen molar-refractivity contribution < 1.29 is 13.9 Å². The number of rotatable bonds is 5. The normalized spacial score (nSPS) is 10.1. The third kappa shape index (κ3) is 3.91. The van der Waals surface area contributed by atoms with Gasteiger partial charge < -0.3 is 15.2 Å². The van der Waals surface area contributed by atoms with Crippen molar-refractivity contribution in [1.29, 1.82) is 0 Å². The summed E-state index contributed by atoms with van der Waals surface area (Å²) in [6.45, 7) is 0.526. The molecule has 0 radical (unpaired) electrons. The molecule has 1 aromatic rings. The van der Waals surface area contributed by atoms with Crippen LogP contribution in [0.5, 0.6) is 11.5 Å². The van der Waals surface area contributed by atoms with E-state index in [0.29, 0.717) is 36.4 Å². The van der Waals surface area contributed by atoms with Gasteiger partial charge >= 0.3 is 0 Å². The standard InChI is InChI=1S/C12H16FNO2.ClH/c1-15-11-8-10(4-6-14)12(16-2)7-9(11)3-5-13;/h3,5,7-8H,4,6,14H2,1-2H3;1H/b5-3-;. The lowest BCUT2D eigenvalue weighted by Crippen LogP contribution is -2.05. The van der Waals surface area contributed by atoms with E-state index in [2.05, 4.69) is 0 Å². The molecule has 96 valence electrons. The summed E-state index contributed by atoms with van der Waals surface area (Å²) in [5, 5.41) is 0. The predicted octanol–water partition coefficient (Wildman–Crippen LogP) is 2.57. The zero-order valence-corrected chi connectivity index (χ0v) is 10.7. The van der Waals surface area contributed by atoms with Crippen molar-refractivity contribution in [3.05, 3.63) is 29.6 Å². The van der Waals surface area contributed by atoms with Crippen LogP contribution in [0.25, 0.3) is 6.08 Å². The molecule has 1 rings (SSSR count). The molecule has 3 nitrogen and oxygen atoms in total. The molecule has 0 bridgehead atoms. The van der Waals surface area contributed by atoms with Gasteiger partial charge in [-0.25, -0.2) is 4.39 Å². The van der Waals surface area contributed by atoms with Crippen LogP contribution in [-0.4, -0.2) is 20.8 Å². The summed E-state index contributed by atoms with van der Waals surface area (Å²) < 4.78 is 22.6. The van der Waals surface area contributed by atoms with Gasteiger partial charge in [-0.15, -0.1) is 12.4 Å². The molecule has 0 saturated carbocycles. The Morgan fingerprint density at radius 3 is 2.35 bits per heavy atom. The highest BCUT2D eigenvalue weighted by Crippen LogP contribution is 2.30. The Kier molecular flexibility index (Phi) is 7.34. The second kappa shape index (κ2) is 7.92. The molecule has 0 heterocycles. The van der Waals surface area contributed by atoms with Crippen LogP contribution in [0.2, 0.25) is 0 Å². The van der Waals surface area contributed by atoms with Crippen LogP contribution in [0.1, 0.15) is 11.1 Å². The fourth-order valence-electron chi connectivity index (χ4n) is 1.53. The van der Waals surface area contributed by atoms with Gasteiger partial charge in [0.25, 0.3) is 0 Å². The minimum Gasteiger partial charge on any atom is -0.496 e. The molecule has 1 aromatic carbocycles. The molecule has 0 aromatic heterocycles. The van der Waals surface area contributed by atoms with Gasteiger partial charge in [-0.05, 0) is 36.7 Å². The molecule has 0 aliphatic rings. The smallest absolute Gasteiger partial charge is 0.126 e. The van der Waals surface area contributed by atoms with Crippen molar-refractivity contribution in [1.82, 2.24) is 0 Å². The van der Waals surface area contributed by atoms with Crippen molar-refractivity contribution in [3.63, 3.8) is 0 Å². The Hall–Kier alpha value is -1.26. The molecule has 17 heavy (non-hydrogen) atoms. The van der Waals surface area contributed by atoms with E-state index in [1.165, 1.54) is 6.08 Å². The second-order valence-corrected chi connectivity index (χ2v) is 3.24. The van der Waals surface area contributed by atoms with E-state index in [9.17, 15) is 4.39 Å². The molecule has 2 N–H and O–H groups in total. The molecule has 0 aliphatic heterocycles. The third-order valence-electron chi connectivity index (χ3n) is 2.29. The number of nitrogens with two attached hydrogens (primary N) is 1. The summed E-state index contributed by atoms with van der Waals surface area (Å²) in [5.41, 5.74) is 7.10. The van der Waals surface area contributed by atoms with E-state index >= 15 is 0 Å². The number of hydrogen-bond donors (Lipinski definition) is 1. The summed E-state index contributed by atoms with van der Waals surface area (Å²) in [6, 6.07) is 3.56. The highest BCUT2D eigenvalue weighted by atomic mass is 35.5. The number of benzene rings is 1. The maximum absolute atomic E-state index is 12.2. The molecule has 0 saturated heterocycles. The number of ether oxygens (including phenoxy) is 2. The second-order valence-electron chi connectivity index (χ2n) is 3.24. The summed E-state index contributed by atoms with van der Waals surface area (Å²) in [6.07, 6.45) is 2.49. The average molecular weight is 262 g/mol. The molecule has 0 spiro atoms. The van der Waals surface area contributed by atoms with Crippen molar-refractivity contribution in [2.45, 2.75) is 6.42 Å². The highest BCUT2D eigenvalue weighted by Gasteiger charge is 2.08. The highest BCUT2D eigenvalue weighted by molar-refractivity contribution is 5.85. The molecule has 0 atom stereocenters. The third-order valence-corrected chi connectivity index (χ3v) is 2.29. The summed E-state index contributed by atoms with van der Waals surface area (Å²) in [4.78, 5) is 0. The Balaban J connectivity index is 0.00000256. The Morgan fingerprint density at radius 2 is 1.88 bits per heavy atom. The van der Waals surface area contributed by atoms with Gasteiger partial charge in [0.05, 0.1) is 20.5 Å². The molecule has 0 aliphatic carbocycles. The molecule has 0 fully saturated rings. The predicted molar refractivity (Wildman–Crippen MR) is 69.7 cm³/mol. The quantitative estimate of drug-likeness (QED) is 0.886. The van der Waals surface area contributed by atoms with E-state index < -0.39 is 0 Å². The maximum atomic E-state index is 12.2. The van der Waals surface area contributed by atoms with Crippen molar-refractivity contribution in [2.75, 3.05) is 20.8 Å². The Labute approximate surface area is 107 Å². The molecular formula is C12H17ClFNO2. The lowest BCUT2D eigenvalue weighted by molar-refractivity contribution is 0.398. The minimum absolute atomic E-state index is 0. The van der Waals surface area contributed by atoms with E-state index in [1.54, 1.807) is 20.3 Å². The van der Waals surface area contributed by atoms with Crippen molar-refractivity contribution in [3.8, 4) is 11.5 Å². The average Bonchev–Trinajstić information content (AvgIpc) is 2.31. The van der Waals surface area contributed by atoms with Crippen LogP contribution in [-0.2, 0) is 6.42 Å². The SMILES string of the molecule is COc1cc(CCN)c(OC)cc1/C=C\F.Cl. The lowest BCUT2D eigenvalue weighted by atomic mass is 10.1. The molecule has 0 unspecified atom stereocenters. The van der Waals surface area contributed by atoms with Gasteiger partial charge in [-0.1, -0.05) is 0 Å². The molecule has 0 amide bonds. The molecule has 5 heteroatoms. The number of methoxy groups -OCH3 is 2. The van der Waals surface area contributed by atoms with Crippen LogP contribution >= 0.6 is 12.4 Å². The maximum Gasteiger partial charge on any atom is 0.126 e. The number of halogens is 2. The Morgan fingerprint density at radius 1 is 1.24 bits per heavy atom. The van der Waals surface area contributed by atoms with E-state index in [1.807, 2.05) is 6.07 Å². The minimum atomic E-state index is 0. The number of hydrogen-bond acceptors (Lipinski definition) is 3. The van der Waals surface area contributed by atoms with Crippen LogP contribution < -0.4 is 15.2 Å². The zero-order chi connectivity index (χ0) is 12.0. The van der Waals surface area contributed by atoms with Crippen LogP contribution in [0.4, 0.5) is 4.39 Å². The fraction of sp³-hybridized carbons (Fsp3) is 0.333. The monoisotopic (exact) mass is 261 g/mol. The summed E-state index contributed by atoms with van der Waals surface area (Å²) in [5.74, 6) is 1.30. The summed E-state index contributed by atoms with van der Waals surface area (Å²) >= 11 is 0. The van der Waals surface area contributed by atoms with Gasteiger partial charge in [0, 0.05) is 5.56 Å². The van der Waals surface area contributed by atoms with Crippen molar-refractivity contribution >= 4 is 18.5 Å². The van der Waals surface area contributed by atoms with Gasteiger partial charge in [0.2, 0.25) is 0 Å². The van der Waals surface area contributed by atoms with E-state index in [-0.39, 0.29) is 12.4 Å². The first kappa shape index (κ1) is 15.7. The van der Waals surface area contributed by atoms with E-state index in [0.717, 1.165) is 5.56 Å². The van der Waals surface area contributed by atoms with Crippen LogP contribution in [0.15, 0.2) is 18.5 Å². The van der Waals surface area contributed by atoms with Crippen LogP contribution in [0, 0.1) is 0 Å². The first-order chi connectivity index (χ1) is 7.76. The van der Waals surface area contributed by atoms with Gasteiger partial charge in [0.15, 0.2) is 0 Å². The largest absolute Gasteiger partial charge is 0.496 e. The van der Waals surface area contributed by atoms with E-state index in [4.69, 9.17) is 15.2 Å². The first-order valence-corrected chi connectivity index (χ1v) is 4.98. The summed E-state index contributed by atoms with van der Waals surface area (Å²) in [7, 11) is 3.12. The van der Waals surface area contributed by atoms with Crippen molar-refractivity contribution in [2.24, 2.45) is 5.73 Å². The van der Waals surface area contributed by atoms with Gasteiger partial charge in [-0.2, -0.15) is 0 Å². The van der Waals surface area contributed by atoms with Crippen LogP contribution in [0.3, 0.4) is 0 Å².